The van der Waals surface area contributed by atoms with Crippen molar-refractivity contribution in [2.24, 2.45) is 0 Å². The zero-order valence-electron chi connectivity index (χ0n) is 15.4. The maximum atomic E-state index is 12.0. The molecule has 0 saturated heterocycles. The normalized spacial score (nSPS) is 10.1. The number of amides is 2. The van der Waals surface area contributed by atoms with Crippen LogP contribution in [-0.4, -0.2) is 44.0 Å². The summed E-state index contributed by atoms with van der Waals surface area (Å²) in [6.45, 7) is 2.66. The van der Waals surface area contributed by atoms with Gasteiger partial charge in [0.2, 0.25) is 5.91 Å². The molecule has 0 bridgehead atoms. The number of ether oxygens (including phenoxy) is 1. The summed E-state index contributed by atoms with van der Waals surface area (Å²) in [5, 5.41) is 5.93. The van der Waals surface area contributed by atoms with E-state index < -0.39 is 0 Å². The smallest absolute Gasteiger partial charge is 0.259 e. The highest BCUT2D eigenvalue weighted by Crippen LogP contribution is 2.17. The fourth-order valence-corrected chi connectivity index (χ4v) is 2.12. The van der Waals surface area contributed by atoms with Gasteiger partial charge in [-0.25, -0.2) is 0 Å². The summed E-state index contributed by atoms with van der Waals surface area (Å²) >= 11 is 0. The van der Waals surface area contributed by atoms with Crippen LogP contribution in [0.15, 0.2) is 48.5 Å². The quantitative estimate of drug-likeness (QED) is 0.762. The van der Waals surface area contributed by atoms with Gasteiger partial charge in [-0.3, -0.25) is 9.59 Å². The predicted octanol–water partition coefficient (Wildman–Crippen LogP) is 2.19. The number of anilines is 1. The molecule has 0 spiro atoms. The van der Waals surface area contributed by atoms with E-state index in [1.807, 2.05) is 43.3 Å². The Kier molecular flexibility index (Phi) is 7.02. The summed E-state index contributed by atoms with van der Waals surface area (Å²) in [7, 11) is 3.36. The first-order valence-electron chi connectivity index (χ1n) is 8.43. The number of aryl methyl sites for hydroxylation is 1. The van der Waals surface area contributed by atoms with Crippen molar-refractivity contribution in [3.63, 3.8) is 0 Å². The lowest BCUT2D eigenvalue weighted by atomic mass is 10.1. The average Bonchev–Trinajstić information content (AvgIpc) is 2.64. The first-order valence-corrected chi connectivity index (χ1v) is 8.43. The van der Waals surface area contributed by atoms with Crippen LogP contribution >= 0.6 is 0 Å². The number of carbonyl (C=O) groups excluding carboxylic acids is 2. The first kappa shape index (κ1) is 19.3. The molecule has 0 aliphatic carbocycles. The van der Waals surface area contributed by atoms with Crippen LogP contribution in [0.3, 0.4) is 0 Å². The molecule has 0 radical (unpaired) electrons. The van der Waals surface area contributed by atoms with Crippen LogP contribution in [0.25, 0.3) is 0 Å². The largest absolute Gasteiger partial charge is 0.484 e. The molecule has 0 atom stereocenters. The van der Waals surface area contributed by atoms with Crippen molar-refractivity contribution in [1.82, 2.24) is 10.2 Å². The van der Waals surface area contributed by atoms with Crippen LogP contribution in [0.2, 0.25) is 0 Å². The summed E-state index contributed by atoms with van der Waals surface area (Å²) in [5.41, 5.74) is 3.01. The number of likely N-dealkylation sites (N-methyl/N-ethyl adjacent to an activating group) is 1. The van der Waals surface area contributed by atoms with Crippen LogP contribution in [0.5, 0.6) is 5.75 Å². The predicted molar refractivity (Wildman–Crippen MR) is 102 cm³/mol. The van der Waals surface area contributed by atoms with Crippen LogP contribution in [0, 0.1) is 6.92 Å². The second-order valence-corrected chi connectivity index (χ2v) is 6.22. The maximum Gasteiger partial charge on any atom is 0.259 e. The summed E-state index contributed by atoms with van der Waals surface area (Å²) in [6, 6.07) is 15.2. The summed E-state index contributed by atoms with van der Waals surface area (Å²) in [4.78, 5) is 25.0. The van der Waals surface area contributed by atoms with Gasteiger partial charge < -0.3 is 20.3 Å². The summed E-state index contributed by atoms with van der Waals surface area (Å²) in [5.74, 6) is 0.365. The van der Waals surface area contributed by atoms with Crippen LogP contribution in [-0.2, 0) is 16.1 Å². The van der Waals surface area contributed by atoms with Gasteiger partial charge in [-0.05, 0) is 24.6 Å². The standard InChI is InChI=1S/C20H25N3O3/c1-15-7-9-16(10-8-15)12-22-19(24)13-21-17-5-4-6-18(11-17)26-14-20(25)23(2)3/h4-11,21H,12-14H2,1-3H3,(H,22,24). The van der Waals surface area contributed by atoms with Crippen LogP contribution in [0.1, 0.15) is 11.1 Å². The molecule has 26 heavy (non-hydrogen) atoms. The Labute approximate surface area is 154 Å². The minimum atomic E-state index is -0.112. The molecule has 2 amide bonds. The number of benzene rings is 2. The van der Waals surface area contributed by atoms with Crippen molar-refractivity contribution in [2.45, 2.75) is 13.5 Å². The van der Waals surface area contributed by atoms with E-state index in [4.69, 9.17) is 4.74 Å². The van der Waals surface area contributed by atoms with E-state index in [1.165, 1.54) is 10.5 Å². The molecule has 2 aromatic rings. The maximum absolute atomic E-state index is 12.0. The molecule has 0 heterocycles. The zero-order valence-corrected chi connectivity index (χ0v) is 15.4. The molecular formula is C20H25N3O3. The van der Waals surface area contributed by atoms with E-state index in [1.54, 1.807) is 26.2 Å². The van der Waals surface area contributed by atoms with Gasteiger partial charge >= 0.3 is 0 Å². The molecule has 2 aromatic carbocycles. The third kappa shape index (κ3) is 6.47. The van der Waals surface area contributed by atoms with Gasteiger partial charge in [-0.1, -0.05) is 35.9 Å². The Bertz CT molecular complexity index is 742. The molecule has 0 aromatic heterocycles. The molecule has 2 N–H and O–H groups in total. The highest BCUT2D eigenvalue weighted by molar-refractivity contribution is 5.80. The van der Waals surface area contributed by atoms with Crippen molar-refractivity contribution < 1.29 is 14.3 Å². The molecule has 6 nitrogen and oxygen atoms in total. The second kappa shape index (κ2) is 9.46. The number of rotatable bonds is 8. The second-order valence-electron chi connectivity index (χ2n) is 6.22. The summed E-state index contributed by atoms with van der Waals surface area (Å²) in [6.07, 6.45) is 0. The monoisotopic (exact) mass is 355 g/mol. The van der Waals surface area contributed by atoms with Crippen LogP contribution < -0.4 is 15.4 Å². The molecule has 0 unspecified atom stereocenters. The fraction of sp³-hybridized carbons (Fsp3) is 0.300. The molecule has 0 fully saturated rings. The van der Waals surface area contributed by atoms with Gasteiger partial charge in [-0.2, -0.15) is 0 Å². The lowest BCUT2D eigenvalue weighted by Crippen LogP contribution is -2.29. The Morgan fingerprint density at radius 1 is 1.08 bits per heavy atom. The highest BCUT2D eigenvalue weighted by Gasteiger charge is 2.06. The minimum absolute atomic E-state index is 0.0203. The number of hydrogen-bond acceptors (Lipinski definition) is 4. The molecule has 2 rings (SSSR count). The first-order chi connectivity index (χ1) is 12.4. The molecule has 0 aliphatic heterocycles. The number of carbonyl (C=O) groups is 2. The zero-order chi connectivity index (χ0) is 18.9. The van der Waals surface area contributed by atoms with Crippen molar-refractivity contribution in [1.29, 1.82) is 0 Å². The molecular weight excluding hydrogens is 330 g/mol. The number of hydrogen-bond donors (Lipinski definition) is 2. The van der Waals surface area contributed by atoms with E-state index in [-0.39, 0.29) is 25.0 Å². The Hall–Kier alpha value is -3.02. The average molecular weight is 355 g/mol. The summed E-state index contributed by atoms with van der Waals surface area (Å²) < 4.78 is 5.46. The van der Waals surface area contributed by atoms with E-state index in [0.717, 1.165) is 11.3 Å². The lowest BCUT2D eigenvalue weighted by Gasteiger charge is -2.12. The van der Waals surface area contributed by atoms with Crippen molar-refractivity contribution >= 4 is 17.5 Å². The molecule has 0 aliphatic rings. The van der Waals surface area contributed by atoms with Gasteiger partial charge in [0.1, 0.15) is 5.75 Å². The third-order valence-electron chi connectivity index (χ3n) is 3.76. The van der Waals surface area contributed by atoms with Crippen molar-refractivity contribution in [3.05, 3.63) is 59.7 Å². The topological polar surface area (TPSA) is 70.7 Å². The lowest BCUT2D eigenvalue weighted by molar-refractivity contribution is -0.130. The molecule has 6 heteroatoms. The Morgan fingerprint density at radius 2 is 1.81 bits per heavy atom. The Balaban J connectivity index is 1.77. The van der Waals surface area contributed by atoms with Gasteiger partial charge in [0.25, 0.3) is 5.91 Å². The van der Waals surface area contributed by atoms with Gasteiger partial charge in [0.15, 0.2) is 6.61 Å². The van der Waals surface area contributed by atoms with E-state index in [2.05, 4.69) is 10.6 Å². The van der Waals surface area contributed by atoms with E-state index in [0.29, 0.717) is 12.3 Å². The third-order valence-corrected chi connectivity index (χ3v) is 3.76. The van der Waals surface area contributed by atoms with Crippen molar-refractivity contribution in [2.75, 3.05) is 32.6 Å². The number of nitrogens with one attached hydrogen (secondary N) is 2. The van der Waals surface area contributed by atoms with E-state index in [9.17, 15) is 9.59 Å². The van der Waals surface area contributed by atoms with Gasteiger partial charge in [0, 0.05) is 32.4 Å². The SMILES string of the molecule is Cc1ccc(CNC(=O)CNc2cccc(OCC(=O)N(C)C)c2)cc1. The minimum Gasteiger partial charge on any atom is -0.484 e. The van der Waals surface area contributed by atoms with Gasteiger partial charge in [0.05, 0.1) is 6.54 Å². The highest BCUT2D eigenvalue weighted by atomic mass is 16.5. The number of nitrogens with zero attached hydrogens (tertiary/aromatic N) is 1. The van der Waals surface area contributed by atoms with Gasteiger partial charge in [-0.15, -0.1) is 0 Å². The molecule has 0 saturated carbocycles. The van der Waals surface area contributed by atoms with Crippen LogP contribution in [0.4, 0.5) is 5.69 Å². The van der Waals surface area contributed by atoms with E-state index >= 15 is 0 Å². The fourth-order valence-electron chi connectivity index (χ4n) is 2.12. The van der Waals surface area contributed by atoms with Crippen molar-refractivity contribution in [3.8, 4) is 5.75 Å². The Morgan fingerprint density at radius 3 is 2.50 bits per heavy atom. The molecule has 138 valence electrons.